The monoisotopic (exact) mass is 239 g/mol. The Balaban J connectivity index is 3.07. The molecule has 0 saturated carbocycles. The summed E-state index contributed by atoms with van der Waals surface area (Å²) in [5.74, 6) is -0.548. The zero-order valence-corrected chi connectivity index (χ0v) is 10.4. The van der Waals surface area contributed by atoms with E-state index in [1.54, 1.807) is 20.8 Å². The van der Waals surface area contributed by atoms with Crippen LogP contribution in [0.15, 0.2) is 12.1 Å². The number of nitrogen functional groups attached to an aromatic ring is 1. The number of ether oxygens (including phenoxy) is 2. The predicted molar refractivity (Wildman–Crippen MR) is 64.2 cm³/mol. The number of aromatic hydroxyl groups is 1. The van der Waals surface area contributed by atoms with E-state index in [0.29, 0.717) is 0 Å². The first-order chi connectivity index (χ1) is 7.74. The summed E-state index contributed by atoms with van der Waals surface area (Å²) in [4.78, 5) is 11.8. The van der Waals surface area contributed by atoms with Crippen molar-refractivity contribution < 1.29 is 19.4 Å². The molecule has 0 fully saturated rings. The van der Waals surface area contributed by atoms with E-state index in [4.69, 9.17) is 15.2 Å². The molecule has 5 heteroatoms. The van der Waals surface area contributed by atoms with Gasteiger partial charge in [-0.2, -0.15) is 0 Å². The highest BCUT2D eigenvalue weighted by Crippen LogP contribution is 2.33. The Kier molecular flexibility index (Phi) is 3.50. The summed E-state index contributed by atoms with van der Waals surface area (Å²) in [5.41, 5.74) is 5.29. The van der Waals surface area contributed by atoms with Crippen LogP contribution in [-0.2, 0) is 4.74 Å². The van der Waals surface area contributed by atoms with Gasteiger partial charge in [0.2, 0.25) is 0 Å². The van der Waals surface area contributed by atoms with Crippen molar-refractivity contribution >= 4 is 11.7 Å². The van der Waals surface area contributed by atoms with Crippen molar-refractivity contribution in [2.75, 3.05) is 12.8 Å². The minimum atomic E-state index is -0.586. The standard InChI is InChI=1S/C12H17NO4/c1-12(2,3)17-11(15)7-5-8(13)10(14)9(6-7)16-4/h5-6,14H,13H2,1-4H3. The van der Waals surface area contributed by atoms with Crippen LogP contribution in [0.4, 0.5) is 5.69 Å². The molecule has 0 aliphatic carbocycles. The maximum Gasteiger partial charge on any atom is 0.338 e. The molecule has 1 rings (SSSR count). The number of carbonyl (C=O) groups is 1. The van der Waals surface area contributed by atoms with Crippen LogP contribution in [0, 0.1) is 0 Å². The van der Waals surface area contributed by atoms with Gasteiger partial charge in [-0.15, -0.1) is 0 Å². The topological polar surface area (TPSA) is 81.8 Å². The van der Waals surface area contributed by atoms with Crippen LogP contribution in [0.3, 0.4) is 0 Å². The molecule has 0 unspecified atom stereocenters. The van der Waals surface area contributed by atoms with E-state index >= 15 is 0 Å². The van der Waals surface area contributed by atoms with Gasteiger partial charge < -0.3 is 20.3 Å². The van der Waals surface area contributed by atoms with Crippen LogP contribution < -0.4 is 10.5 Å². The van der Waals surface area contributed by atoms with Gasteiger partial charge >= 0.3 is 5.97 Å². The number of hydrogen-bond acceptors (Lipinski definition) is 5. The molecule has 0 spiro atoms. The molecule has 3 N–H and O–H groups in total. The number of phenols is 1. The predicted octanol–water partition coefficient (Wildman–Crippen LogP) is 1.94. The zero-order valence-electron chi connectivity index (χ0n) is 10.4. The average molecular weight is 239 g/mol. The van der Waals surface area contributed by atoms with Gasteiger partial charge in [-0.1, -0.05) is 0 Å². The molecular formula is C12H17NO4. The molecule has 0 aromatic heterocycles. The minimum absolute atomic E-state index is 0.0743. The smallest absolute Gasteiger partial charge is 0.338 e. The Morgan fingerprint density at radius 3 is 2.41 bits per heavy atom. The number of hydrogen-bond donors (Lipinski definition) is 2. The fourth-order valence-corrected chi connectivity index (χ4v) is 1.24. The van der Waals surface area contributed by atoms with Crippen molar-refractivity contribution in [3.63, 3.8) is 0 Å². The fourth-order valence-electron chi connectivity index (χ4n) is 1.24. The number of rotatable bonds is 2. The molecule has 1 aromatic rings. The summed E-state index contributed by atoms with van der Waals surface area (Å²) in [5, 5.41) is 9.53. The van der Waals surface area contributed by atoms with Crippen molar-refractivity contribution in [2.24, 2.45) is 0 Å². The summed E-state index contributed by atoms with van der Waals surface area (Å²) in [6.45, 7) is 5.31. The first kappa shape index (κ1) is 13.2. The van der Waals surface area contributed by atoms with Crippen LogP contribution in [0.1, 0.15) is 31.1 Å². The Morgan fingerprint density at radius 1 is 1.35 bits per heavy atom. The number of carbonyl (C=O) groups excluding carboxylic acids is 1. The molecule has 1 aromatic carbocycles. The van der Waals surface area contributed by atoms with Crippen LogP contribution >= 0.6 is 0 Å². The summed E-state index contributed by atoms with van der Waals surface area (Å²) in [7, 11) is 1.38. The number of methoxy groups -OCH3 is 1. The Hall–Kier alpha value is -1.91. The second-order valence-electron chi connectivity index (χ2n) is 4.62. The summed E-state index contributed by atoms with van der Waals surface area (Å²) in [6.07, 6.45) is 0. The molecule has 0 saturated heterocycles. The lowest BCUT2D eigenvalue weighted by molar-refractivity contribution is 0.00692. The molecule has 5 nitrogen and oxygen atoms in total. The summed E-state index contributed by atoms with van der Waals surface area (Å²) >= 11 is 0. The van der Waals surface area contributed by atoms with E-state index in [-0.39, 0.29) is 22.7 Å². The number of esters is 1. The molecule has 0 amide bonds. The van der Waals surface area contributed by atoms with Crippen molar-refractivity contribution in [1.82, 2.24) is 0 Å². The Bertz CT molecular complexity index is 435. The van der Waals surface area contributed by atoms with Gasteiger partial charge in [0.05, 0.1) is 18.4 Å². The first-order valence-electron chi connectivity index (χ1n) is 5.14. The van der Waals surface area contributed by atoms with Crippen molar-refractivity contribution in [3.8, 4) is 11.5 Å². The molecule has 0 aliphatic rings. The van der Waals surface area contributed by atoms with Crippen LogP contribution in [0.5, 0.6) is 11.5 Å². The largest absolute Gasteiger partial charge is 0.503 e. The average Bonchev–Trinajstić information content (AvgIpc) is 2.19. The van der Waals surface area contributed by atoms with Gasteiger partial charge in [0, 0.05) is 0 Å². The normalized spacial score (nSPS) is 11.1. The molecule has 0 aliphatic heterocycles. The third kappa shape index (κ3) is 3.27. The van der Waals surface area contributed by atoms with E-state index in [1.807, 2.05) is 0 Å². The minimum Gasteiger partial charge on any atom is -0.503 e. The Labute approximate surface area is 100 Å². The molecule has 17 heavy (non-hydrogen) atoms. The number of phenolic OH excluding ortho intramolecular Hbond substituents is 1. The number of nitrogens with two attached hydrogens (primary N) is 1. The second kappa shape index (κ2) is 4.53. The maximum atomic E-state index is 11.8. The fraction of sp³-hybridized carbons (Fsp3) is 0.417. The first-order valence-corrected chi connectivity index (χ1v) is 5.14. The lowest BCUT2D eigenvalue weighted by Gasteiger charge is -2.20. The molecular weight excluding hydrogens is 222 g/mol. The highest BCUT2D eigenvalue weighted by atomic mass is 16.6. The zero-order chi connectivity index (χ0) is 13.2. The number of anilines is 1. The third-order valence-corrected chi connectivity index (χ3v) is 1.96. The van der Waals surface area contributed by atoms with Crippen molar-refractivity contribution in [2.45, 2.75) is 26.4 Å². The van der Waals surface area contributed by atoms with E-state index in [2.05, 4.69) is 0 Å². The highest BCUT2D eigenvalue weighted by molar-refractivity contribution is 5.92. The van der Waals surface area contributed by atoms with E-state index in [0.717, 1.165) is 0 Å². The molecule has 0 radical (unpaired) electrons. The van der Waals surface area contributed by atoms with Gasteiger partial charge in [0.25, 0.3) is 0 Å². The molecule has 0 bridgehead atoms. The van der Waals surface area contributed by atoms with Gasteiger partial charge in [-0.25, -0.2) is 4.79 Å². The third-order valence-electron chi connectivity index (χ3n) is 1.96. The van der Waals surface area contributed by atoms with Crippen LogP contribution in [0.25, 0.3) is 0 Å². The molecule has 0 heterocycles. The van der Waals surface area contributed by atoms with E-state index in [1.165, 1.54) is 19.2 Å². The van der Waals surface area contributed by atoms with Crippen molar-refractivity contribution in [1.29, 1.82) is 0 Å². The molecule has 94 valence electrons. The van der Waals surface area contributed by atoms with Gasteiger partial charge in [0.1, 0.15) is 5.60 Å². The van der Waals surface area contributed by atoms with Gasteiger partial charge in [-0.05, 0) is 32.9 Å². The summed E-state index contributed by atoms with van der Waals surface area (Å²) in [6, 6.07) is 2.74. The lowest BCUT2D eigenvalue weighted by atomic mass is 10.1. The van der Waals surface area contributed by atoms with Gasteiger partial charge in [-0.3, -0.25) is 0 Å². The SMILES string of the molecule is COc1cc(C(=O)OC(C)(C)C)cc(N)c1O. The van der Waals surface area contributed by atoms with E-state index in [9.17, 15) is 9.90 Å². The summed E-state index contributed by atoms with van der Waals surface area (Å²) < 4.78 is 10.1. The van der Waals surface area contributed by atoms with Crippen molar-refractivity contribution in [3.05, 3.63) is 17.7 Å². The Morgan fingerprint density at radius 2 is 1.94 bits per heavy atom. The van der Waals surface area contributed by atoms with Gasteiger partial charge in [0.15, 0.2) is 11.5 Å². The van der Waals surface area contributed by atoms with E-state index < -0.39 is 11.6 Å². The number of benzene rings is 1. The second-order valence-corrected chi connectivity index (χ2v) is 4.62. The van der Waals surface area contributed by atoms with Crippen LogP contribution in [0.2, 0.25) is 0 Å². The molecule has 0 atom stereocenters. The quantitative estimate of drug-likeness (QED) is 0.468. The lowest BCUT2D eigenvalue weighted by Crippen LogP contribution is -2.24. The maximum absolute atomic E-state index is 11.8. The highest BCUT2D eigenvalue weighted by Gasteiger charge is 2.20. The van der Waals surface area contributed by atoms with Crippen LogP contribution in [-0.4, -0.2) is 23.8 Å².